The fourth-order valence-electron chi connectivity index (χ4n) is 6.09. The van der Waals surface area contributed by atoms with Crippen molar-refractivity contribution in [2.75, 3.05) is 36.0 Å². The number of amidine groups is 2. The first-order valence-corrected chi connectivity index (χ1v) is 15.1. The van der Waals surface area contributed by atoms with E-state index in [2.05, 4.69) is 5.32 Å². The molecule has 4 aromatic rings. The lowest BCUT2D eigenvalue weighted by atomic mass is 10.1. The maximum atomic E-state index is 10.3. The van der Waals surface area contributed by atoms with Gasteiger partial charge in [-0.3, -0.25) is 5.41 Å². The number of fused-ring (bicyclic) bond motifs is 2. The summed E-state index contributed by atoms with van der Waals surface area (Å²) in [6.07, 6.45) is -2.22. The van der Waals surface area contributed by atoms with Crippen molar-refractivity contribution in [3.63, 3.8) is 0 Å². The Morgan fingerprint density at radius 2 is 1.13 bits per heavy atom. The largest absolute Gasteiger partial charge is 0.396 e. The lowest BCUT2D eigenvalue weighted by molar-refractivity contribution is 0.0572. The molecule has 0 spiro atoms. The van der Waals surface area contributed by atoms with Crippen LogP contribution in [0, 0.1) is 33.1 Å². The molecule has 3 aliphatic rings. The summed E-state index contributed by atoms with van der Waals surface area (Å²) >= 11 is 0. The fourth-order valence-corrected chi connectivity index (χ4v) is 6.09. The minimum absolute atomic E-state index is 0.0319. The molecule has 2 fully saturated rings. The molecule has 240 valence electrons. The quantitative estimate of drug-likeness (QED) is 0.167. The average Bonchev–Trinajstić information content (AvgIpc) is 3.75. The number of hydrogen-bond donors (Lipinski definition) is 7. The number of aliphatic hydroxyl groups excluding tert-OH is 4. The van der Waals surface area contributed by atoms with Gasteiger partial charge in [0, 0.05) is 37.6 Å². The van der Waals surface area contributed by atoms with Gasteiger partial charge in [0.2, 0.25) is 0 Å². The predicted molar refractivity (Wildman–Crippen MR) is 175 cm³/mol. The molecule has 46 heavy (non-hydrogen) atoms. The highest BCUT2D eigenvalue weighted by molar-refractivity contribution is 6.50. The van der Waals surface area contributed by atoms with Crippen molar-refractivity contribution in [3.8, 4) is 0 Å². The summed E-state index contributed by atoms with van der Waals surface area (Å²) in [6, 6.07) is 7.77. The van der Waals surface area contributed by atoms with E-state index in [0.717, 1.165) is 22.5 Å². The van der Waals surface area contributed by atoms with E-state index in [1.165, 1.54) is 6.08 Å². The van der Waals surface area contributed by atoms with E-state index in [4.69, 9.17) is 31.3 Å². The molecule has 4 atom stereocenters. The first-order chi connectivity index (χ1) is 21.9. The van der Waals surface area contributed by atoms with Crippen LogP contribution >= 0.6 is 0 Å². The number of anilines is 2. The van der Waals surface area contributed by atoms with E-state index in [1.54, 1.807) is 18.8 Å². The average molecular weight is 628 g/mol. The molecular weight excluding hydrogens is 590 g/mol. The van der Waals surface area contributed by atoms with Gasteiger partial charge in [-0.05, 0) is 57.0 Å². The number of aromatic nitrogens is 4. The second kappa shape index (κ2) is 10.9. The molecule has 0 radical (unpaired) electrons. The number of β-amino-alcohol motifs (C(OH)–C–C–N with tert-alkyl or cyclic N) is 4. The second-order valence-corrected chi connectivity index (χ2v) is 12.3. The normalized spacial score (nSPS) is 25.5. The molecule has 2 saturated heterocycles. The van der Waals surface area contributed by atoms with Gasteiger partial charge < -0.3 is 41.3 Å². The number of hydrogen-bond acceptors (Lipinski definition) is 12. The number of aliphatic hydroxyl groups is 4. The van der Waals surface area contributed by atoms with E-state index in [9.17, 15) is 20.4 Å². The molecule has 15 heteroatoms. The highest BCUT2D eigenvalue weighted by Gasteiger charge is 2.35. The van der Waals surface area contributed by atoms with E-state index in [-0.39, 0.29) is 49.3 Å². The molecule has 8 N–H and O–H groups in total. The maximum Gasteiger partial charge on any atom is 0.178 e. The van der Waals surface area contributed by atoms with Crippen LogP contribution < -0.4 is 20.9 Å². The molecule has 15 nitrogen and oxygen atoms in total. The second-order valence-electron chi connectivity index (χ2n) is 12.3. The van der Waals surface area contributed by atoms with Crippen molar-refractivity contribution in [1.82, 2.24) is 24.5 Å². The number of nitrogens with zero attached hydrogens (tertiary/aromatic N) is 8. The Labute approximate surface area is 264 Å². The van der Waals surface area contributed by atoms with E-state index < -0.39 is 24.4 Å². The van der Waals surface area contributed by atoms with Crippen molar-refractivity contribution >= 4 is 51.4 Å². The smallest absolute Gasteiger partial charge is 0.178 e. The summed E-state index contributed by atoms with van der Waals surface area (Å²) in [7, 11) is 0. The zero-order valence-corrected chi connectivity index (χ0v) is 26.0. The number of rotatable bonds is 4. The first kappa shape index (κ1) is 29.9. The Hall–Kier alpha value is -4.83. The first-order valence-electron chi connectivity index (χ1n) is 15.1. The van der Waals surface area contributed by atoms with Crippen LogP contribution in [-0.4, -0.2) is 108 Å². The zero-order chi connectivity index (χ0) is 32.6. The third-order valence-electron chi connectivity index (χ3n) is 9.14. The summed E-state index contributed by atoms with van der Waals surface area (Å²) < 4.78 is 3.57. The van der Waals surface area contributed by atoms with Crippen LogP contribution in [0.2, 0.25) is 0 Å². The molecule has 4 aromatic heterocycles. The Kier molecular flexibility index (Phi) is 7.08. The van der Waals surface area contributed by atoms with Crippen molar-refractivity contribution in [2.45, 2.75) is 52.1 Å². The van der Waals surface area contributed by atoms with Gasteiger partial charge in [-0.25, -0.2) is 19.0 Å². The van der Waals surface area contributed by atoms with E-state index in [1.807, 2.05) is 52.0 Å². The topological polar surface area (TPSA) is 209 Å². The lowest BCUT2D eigenvalue weighted by Gasteiger charge is -2.20. The zero-order valence-electron chi connectivity index (χ0n) is 26.0. The Bertz CT molecular complexity index is 1990. The van der Waals surface area contributed by atoms with Crippen LogP contribution in [0.1, 0.15) is 22.5 Å². The van der Waals surface area contributed by atoms with Crippen molar-refractivity contribution in [3.05, 3.63) is 58.6 Å². The van der Waals surface area contributed by atoms with Crippen LogP contribution in [0.25, 0.3) is 11.0 Å². The summed E-state index contributed by atoms with van der Waals surface area (Å²) in [5.41, 5.74) is 12.9. The highest BCUT2D eigenvalue weighted by atomic mass is 16.3. The Morgan fingerprint density at radius 1 is 0.717 bits per heavy atom. The van der Waals surface area contributed by atoms with Gasteiger partial charge in [0.15, 0.2) is 23.3 Å². The van der Waals surface area contributed by atoms with Crippen LogP contribution in [0.5, 0.6) is 0 Å². The van der Waals surface area contributed by atoms with Gasteiger partial charge in [0.1, 0.15) is 11.4 Å². The van der Waals surface area contributed by atoms with Crippen LogP contribution in [-0.2, 0) is 0 Å². The molecule has 0 saturated carbocycles. The van der Waals surface area contributed by atoms with Crippen molar-refractivity contribution in [2.24, 2.45) is 15.7 Å². The van der Waals surface area contributed by atoms with Gasteiger partial charge in [0.05, 0.1) is 46.9 Å². The molecule has 0 aromatic carbocycles. The number of aryl methyl sites for hydroxylation is 4. The Morgan fingerprint density at radius 3 is 1.57 bits per heavy atom. The molecule has 7 heterocycles. The number of pyridine rings is 2. The van der Waals surface area contributed by atoms with E-state index in [0.29, 0.717) is 34.0 Å². The molecule has 0 bridgehead atoms. The molecule has 3 aliphatic heterocycles. The van der Waals surface area contributed by atoms with Gasteiger partial charge in [-0.2, -0.15) is 0 Å². The number of nitrogens with one attached hydrogen (secondary N) is 2. The lowest BCUT2D eigenvalue weighted by Crippen LogP contribution is -2.42. The van der Waals surface area contributed by atoms with Gasteiger partial charge >= 0.3 is 0 Å². The van der Waals surface area contributed by atoms with Crippen LogP contribution in [0.3, 0.4) is 0 Å². The van der Waals surface area contributed by atoms with Gasteiger partial charge in [-0.1, -0.05) is 12.1 Å². The summed E-state index contributed by atoms with van der Waals surface area (Å²) in [6.45, 7) is 8.63. The predicted octanol–water partition coefficient (Wildman–Crippen LogP) is 0.525. The van der Waals surface area contributed by atoms with Crippen LogP contribution in [0.4, 0.5) is 23.0 Å². The number of nitrogens with two attached hydrogens (primary N) is 1. The van der Waals surface area contributed by atoms with E-state index >= 15 is 0 Å². The fraction of sp³-hybridized carbons (Fsp3) is 0.387. The monoisotopic (exact) mass is 627 g/mol. The SMILES string of the molecule is Cc1ccc2c(/N=C3\N/C(=N/c4c(N5CC(O)C(O)C5)nn5c(C)c(C)ccc45)C(N)=CC3=N)c(N3CC(O)C(O)C3)nn2c1C. The summed E-state index contributed by atoms with van der Waals surface area (Å²) in [5, 5.41) is 62.7. The third-order valence-corrected chi connectivity index (χ3v) is 9.14. The van der Waals surface area contributed by atoms with Gasteiger partial charge in [-0.15, -0.1) is 10.2 Å². The van der Waals surface area contributed by atoms with Crippen LogP contribution in [0.15, 0.2) is 46.0 Å². The van der Waals surface area contributed by atoms with Crippen molar-refractivity contribution in [1.29, 1.82) is 5.41 Å². The molecule has 7 rings (SSSR count). The molecule has 0 aliphatic carbocycles. The maximum absolute atomic E-state index is 10.3. The third kappa shape index (κ3) is 4.79. The summed E-state index contributed by atoms with van der Waals surface area (Å²) in [5.74, 6) is 1.38. The minimum Gasteiger partial charge on any atom is -0.396 e. The Balaban J connectivity index is 1.35. The van der Waals surface area contributed by atoms with Gasteiger partial charge in [0.25, 0.3) is 0 Å². The molecule has 4 unspecified atom stereocenters. The standard InChI is InChI=1S/C31H37N11O4/c1-14-5-7-20-26(30(37-41(20)16(14)3)39-10-22(43)23(44)11-39)34-28-18(32)9-19(33)29(36-28)35-27-21-8-6-15(2)17(4)42(21)38-31(27)40-12-24(45)25(46)13-40/h5-9,22-25,32,43-46H,10-13,33H2,1-4H3,(H,34,35,36). The molecular formula is C31H37N11O4. The van der Waals surface area contributed by atoms with Crippen molar-refractivity contribution < 1.29 is 20.4 Å². The molecule has 0 amide bonds. The number of aliphatic imine (C=N–C) groups is 2. The minimum atomic E-state index is -0.925. The highest BCUT2D eigenvalue weighted by Crippen LogP contribution is 2.38. The summed E-state index contributed by atoms with van der Waals surface area (Å²) in [4.78, 5) is 13.4.